The van der Waals surface area contributed by atoms with Crippen LogP contribution in [0.2, 0.25) is 0 Å². The summed E-state index contributed by atoms with van der Waals surface area (Å²) >= 11 is 5.81. The molecule has 0 aliphatic heterocycles. The van der Waals surface area contributed by atoms with Crippen LogP contribution in [0.4, 0.5) is 0 Å². The van der Waals surface area contributed by atoms with Crippen LogP contribution < -0.4 is 5.32 Å². The van der Waals surface area contributed by atoms with E-state index in [4.69, 9.17) is 11.6 Å². The maximum Gasteiger partial charge on any atom is 0.253 e. The lowest BCUT2D eigenvalue weighted by Crippen LogP contribution is -2.30. The quantitative estimate of drug-likeness (QED) is 0.857. The molecule has 0 bridgehead atoms. The lowest BCUT2D eigenvalue weighted by Gasteiger charge is -2.14. The zero-order valence-electron chi connectivity index (χ0n) is 11.2. The molecule has 1 aromatic heterocycles. The molecule has 1 aliphatic rings. The summed E-state index contributed by atoms with van der Waals surface area (Å²) in [4.78, 5) is 16.7. The number of fused-ring (bicyclic) bond motifs is 1. The number of aromatic nitrogens is 1. The van der Waals surface area contributed by atoms with E-state index in [1.165, 1.54) is 0 Å². The van der Waals surface area contributed by atoms with Gasteiger partial charge in [0, 0.05) is 24.0 Å². The molecule has 1 aliphatic carbocycles. The lowest BCUT2D eigenvalue weighted by molar-refractivity contribution is 0.0946. The molecular weight excluding hydrogens is 272 g/mol. The SMILES string of the molecule is O=C(NCC1(CCCl)CC1)c1cccc2cccnc12. The van der Waals surface area contributed by atoms with Crippen molar-refractivity contribution < 1.29 is 4.79 Å². The molecule has 0 saturated heterocycles. The van der Waals surface area contributed by atoms with Gasteiger partial charge in [0.2, 0.25) is 0 Å². The van der Waals surface area contributed by atoms with Gasteiger partial charge in [0.15, 0.2) is 0 Å². The maximum atomic E-state index is 12.4. The molecule has 2 aromatic rings. The molecule has 1 aromatic carbocycles. The first-order chi connectivity index (χ1) is 9.74. The Kier molecular flexibility index (Phi) is 3.62. The van der Waals surface area contributed by atoms with Gasteiger partial charge in [-0.15, -0.1) is 11.6 Å². The monoisotopic (exact) mass is 288 g/mol. The Labute approximate surface area is 123 Å². The maximum absolute atomic E-state index is 12.4. The van der Waals surface area contributed by atoms with E-state index in [-0.39, 0.29) is 11.3 Å². The average molecular weight is 289 g/mol. The molecule has 0 spiro atoms. The van der Waals surface area contributed by atoms with Gasteiger partial charge in [-0.1, -0.05) is 18.2 Å². The van der Waals surface area contributed by atoms with E-state index in [1.54, 1.807) is 6.20 Å². The predicted octanol–water partition coefficient (Wildman–Crippen LogP) is 3.37. The third-order valence-corrected chi connectivity index (χ3v) is 4.27. The Morgan fingerprint density at radius 3 is 2.85 bits per heavy atom. The van der Waals surface area contributed by atoms with E-state index in [2.05, 4.69) is 10.3 Å². The molecule has 20 heavy (non-hydrogen) atoms. The second-order valence-electron chi connectivity index (χ2n) is 5.50. The predicted molar refractivity (Wildman–Crippen MR) is 81.1 cm³/mol. The average Bonchev–Trinajstić information content (AvgIpc) is 3.25. The summed E-state index contributed by atoms with van der Waals surface area (Å²) < 4.78 is 0. The van der Waals surface area contributed by atoms with Gasteiger partial charge in [0.25, 0.3) is 5.91 Å². The topological polar surface area (TPSA) is 42.0 Å². The summed E-state index contributed by atoms with van der Waals surface area (Å²) in [6.45, 7) is 0.710. The largest absolute Gasteiger partial charge is 0.351 e. The highest BCUT2D eigenvalue weighted by Crippen LogP contribution is 2.48. The molecule has 0 unspecified atom stereocenters. The number of hydrogen-bond donors (Lipinski definition) is 1. The fourth-order valence-corrected chi connectivity index (χ4v) is 2.94. The molecule has 1 N–H and O–H groups in total. The van der Waals surface area contributed by atoms with Gasteiger partial charge in [0.1, 0.15) is 0 Å². The van der Waals surface area contributed by atoms with Crippen LogP contribution in [0.1, 0.15) is 29.6 Å². The van der Waals surface area contributed by atoms with Gasteiger partial charge in [-0.2, -0.15) is 0 Å². The summed E-state index contributed by atoms with van der Waals surface area (Å²) in [6, 6.07) is 9.53. The number of hydrogen-bond acceptors (Lipinski definition) is 2. The molecule has 1 heterocycles. The number of carbonyl (C=O) groups excluding carboxylic acids is 1. The second kappa shape index (κ2) is 5.41. The van der Waals surface area contributed by atoms with E-state index >= 15 is 0 Å². The highest BCUT2D eigenvalue weighted by molar-refractivity contribution is 6.17. The molecule has 0 radical (unpaired) electrons. The van der Waals surface area contributed by atoms with Gasteiger partial charge in [0.05, 0.1) is 11.1 Å². The van der Waals surface area contributed by atoms with Crippen LogP contribution in [0.15, 0.2) is 36.5 Å². The van der Waals surface area contributed by atoms with E-state index in [1.807, 2.05) is 30.3 Å². The molecule has 1 saturated carbocycles. The van der Waals surface area contributed by atoms with Gasteiger partial charge in [-0.05, 0) is 36.8 Å². The number of carbonyl (C=O) groups is 1. The number of rotatable bonds is 5. The van der Waals surface area contributed by atoms with Crippen LogP contribution in [-0.2, 0) is 0 Å². The molecule has 1 amide bonds. The number of para-hydroxylation sites is 1. The van der Waals surface area contributed by atoms with Gasteiger partial charge >= 0.3 is 0 Å². The number of nitrogens with one attached hydrogen (secondary N) is 1. The van der Waals surface area contributed by atoms with Gasteiger partial charge in [-0.3, -0.25) is 9.78 Å². The summed E-state index contributed by atoms with van der Waals surface area (Å²) in [5.74, 6) is 0.612. The molecule has 3 nitrogen and oxygen atoms in total. The molecule has 3 rings (SSSR count). The zero-order chi connectivity index (χ0) is 14.0. The zero-order valence-corrected chi connectivity index (χ0v) is 12.0. The molecular formula is C16H17ClN2O. The van der Waals surface area contributed by atoms with Crippen molar-refractivity contribution in [2.75, 3.05) is 12.4 Å². The number of amides is 1. The van der Waals surface area contributed by atoms with E-state index in [9.17, 15) is 4.79 Å². The van der Waals surface area contributed by atoms with Crippen molar-refractivity contribution in [2.24, 2.45) is 5.41 Å². The van der Waals surface area contributed by atoms with Crippen molar-refractivity contribution in [3.05, 3.63) is 42.1 Å². The summed E-state index contributed by atoms with van der Waals surface area (Å²) in [7, 11) is 0. The fraction of sp³-hybridized carbons (Fsp3) is 0.375. The Hall–Kier alpha value is -1.61. The Balaban J connectivity index is 1.76. The highest BCUT2D eigenvalue weighted by atomic mass is 35.5. The van der Waals surface area contributed by atoms with Crippen LogP contribution in [0.5, 0.6) is 0 Å². The summed E-state index contributed by atoms with van der Waals surface area (Å²) in [6.07, 6.45) is 5.01. The van der Waals surface area contributed by atoms with Crippen molar-refractivity contribution in [2.45, 2.75) is 19.3 Å². The first-order valence-corrected chi connectivity index (χ1v) is 7.45. The van der Waals surface area contributed by atoms with Gasteiger partial charge in [-0.25, -0.2) is 0 Å². The molecule has 1 fully saturated rings. The molecule has 104 valence electrons. The summed E-state index contributed by atoms with van der Waals surface area (Å²) in [5, 5.41) is 4.03. The van der Waals surface area contributed by atoms with Crippen LogP contribution in [0.3, 0.4) is 0 Å². The fourth-order valence-electron chi connectivity index (χ4n) is 2.54. The normalized spacial score (nSPS) is 16.1. The lowest BCUT2D eigenvalue weighted by atomic mass is 10.0. The van der Waals surface area contributed by atoms with E-state index in [0.29, 0.717) is 18.0 Å². The first kappa shape index (κ1) is 13.4. The minimum absolute atomic E-state index is 0.0462. The number of alkyl halides is 1. The third kappa shape index (κ3) is 2.63. The van der Waals surface area contributed by atoms with Crippen LogP contribution in [-0.4, -0.2) is 23.3 Å². The summed E-state index contributed by atoms with van der Waals surface area (Å²) in [5.41, 5.74) is 1.65. The van der Waals surface area contributed by atoms with Crippen molar-refractivity contribution in [1.29, 1.82) is 0 Å². The number of benzene rings is 1. The second-order valence-corrected chi connectivity index (χ2v) is 5.88. The molecule has 4 heteroatoms. The van der Waals surface area contributed by atoms with Crippen molar-refractivity contribution in [3.8, 4) is 0 Å². The number of halogens is 1. The minimum Gasteiger partial charge on any atom is -0.351 e. The minimum atomic E-state index is -0.0462. The smallest absolute Gasteiger partial charge is 0.253 e. The number of pyridine rings is 1. The van der Waals surface area contributed by atoms with Crippen LogP contribution >= 0.6 is 11.6 Å². The Bertz CT molecular complexity index is 632. The number of nitrogens with zero attached hydrogens (tertiary/aromatic N) is 1. The standard InChI is InChI=1S/C16H17ClN2O/c17-9-8-16(6-7-16)11-19-15(20)13-5-1-3-12-4-2-10-18-14(12)13/h1-5,10H,6-9,11H2,(H,19,20). The Morgan fingerprint density at radius 1 is 1.30 bits per heavy atom. The van der Waals surface area contributed by atoms with Crippen molar-refractivity contribution >= 4 is 28.4 Å². The van der Waals surface area contributed by atoms with Crippen molar-refractivity contribution in [3.63, 3.8) is 0 Å². The van der Waals surface area contributed by atoms with E-state index in [0.717, 1.165) is 30.2 Å². The van der Waals surface area contributed by atoms with Crippen molar-refractivity contribution in [1.82, 2.24) is 10.3 Å². The third-order valence-electron chi connectivity index (χ3n) is 4.08. The highest BCUT2D eigenvalue weighted by Gasteiger charge is 2.41. The first-order valence-electron chi connectivity index (χ1n) is 6.92. The Morgan fingerprint density at radius 2 is 2.10 bits per heavy atom. The van der Waals surface area contributed by atoms with Crippen LogP contribution in [0.25, 0.3) is 10.9 Å². The molecule has 0 atom stereocenters. The van der Waals surface area contributed by atoms with E-state index < -0.39 is 0 Å². The van der Waals surface area contributed by atoms with Crippen LogP contribution in [0, 0.1) is 5.41 Å². The van der Waals surface area contributed by atoms with Gasteiger partial charge < -0.3 is 5.32 Å².